The molecule has 0 aliphatic heterocycles. The number of carboxylic acid groups (broad SMARTS) is 1. The number of halogens is 1. The number of aliphatic carboxylic acids is 1. The fourth-order valence-corrected chi connectivity index (χ4v) is 1.56. The van der Waals surface area contributed by atoms with E-state index in [0.29, 0.717) is 5.69 Å². The van der Waals surface area contributed by atoms with Gasteiger partial charge in [0.15, 0.2) is 6.10 Å². The van der Waals surface area contributed by atoms with Crippen LogP contribution in [0.5, 0.6) is 0 Å². The van der Waals surface area contributed by atoms with Gasteiger partial charge in [-0.25, -0.2) is 4.79 Å². The number of hydrogen-bond acceptors (Lipinski definition) is 4. The minimum absolute atomic E-state index is 0.184. The van der Waals surface area contributed by atoms with Gasteiger partial charge in [0.05, 0.1) is 0 Å². The largest absolute Gasteiger partial charge is 0.479 e. The van der Waals surface area contributed by atoms with E-state index in [1.807, 2.05) is 0 Å². The Hall–Kier alpha value is -1.63. The molecule has 19 heavy (non-hydrogen) atoms. The number of carbonyl (C=O) groups is 2. The molecule has 0 fully saturated rings. The summed E-state index contributed by atoms with van der Waals surface area (Å²) in [4.78, 5) is 21.8. The first-order valence-corrected chi connectivity index (χ1v) is 6.04. The third-order valence-corrected chi connectivity index (χ3v) is 2.60. The molecule has 4 N–H and O–H groups in total. The second kappa shape index (κ2) is 7.08. The number of rotatable bonds is 6. The van der Waals surface area contributed by atoms with Gasteiger partial charge in [-0.1, -0.05) is 12.1 Å². The number of carbonyl (C=O) groups excluding carboxylic acids is 1. The predicted octanol–water partition coefficient (Wildman–Crippen LogP) is 0.733. The van der Waals surface area contributed by atoms with Crippen molar-refractivity contribution in [3.05, 3.63) is 29.8 Å². The molecule has 1 rings (SSSR count). The van der Waals surface area contributed by atoms with E-state index in [0.717, 1.165) is 0 Å². The van der Waals surface area contributed by atoms with Crippen molar-refractivity contribution in [3.63, 3.8) is 0 Å². The van der Waals surface area contributed by atoms with Crippen molar-refractivity contribution in [3.8, 4) is 0 Å². The van der Waals surface area contributed by atoms with Crippen molar-refractivity contribution in [2.75, 3.05) is 11.2 Å². The summed E-state index contributed by atoms with van der Waals surface area (Å²) in [5.41, 5.74) is 0.737. The van der Waals surface area contributed by atoms with Crippen LogP contribution in [-0.2, 0) is 9.59 Å². The molecule has 0 saturated heterocycles. The van der Waals surface area contributed by atoms with Gasteiger partial charge in [-0.3, -0.25) is 4.79 Å². The van der Waals surface area contributed by atoms with Gasteiger partial charge in [0.1, 0.15) is 6.10 Å². The van der Waals surface area contributed by atoms with Gasteiger partial charge in [-0.2, -0.15) is 0 Å². The number of hydrogen-bond donors (Lipinski definition) is 4. The van der Waals surface area contributed by atoms with Gasteiger partial charge in [-0.05, 0) is 17.7 Å². The van der Waals surface area contributed by atoms with Crippen LogP contribution in [0.3, 0.4) is 0 Å². The third-order valence-electron chi connectivity index (χ3n) is 2.41. The number of aliphatic hydroxyl groups excluding tert-OH is 2. The molecule has 1 aromatic rings. The zero-order valence-corrected chi connectivity index (χ0v) is 10.7. The summed E-state index contributed by atoms with van der Waals surface area (Å²) < 4.78 is 0. The van der Waals surface area contributed by atoms with Crippen LogP contribution in [0, 0.1) is 0 Å². The van der Waals surface area contributed by atoms with Crippen LogP contribution >= 0.6 is 11.6 Å². The van der Waals surface area contributed by atoms with E-state index in [1.54, 1.807) is 0 Å². The van der Waals surface area contributed by atoms with Crippen molar-refractivity contribution < 1.29 is 24.9 Å². The number of benzene rings is 1. The summed E-state index contributed by atoms with van der Waals surface area (Å²) >= 11 is 5.42. The van der Waals surface area contributed by atoms with E-state index in [-0.39, 0.29) is 23.8 Å². The van der Waals surface area contributed by atoms with Crippen LogP contribution in [0.4, 0.5) is 5.69 Å². The summed E-state index contributed by atoms with van der Waals surface area (Å²) in [5.74, 6) is -1.53. The molecule has 2 atom stereocenters. The number of alkyl halides is 1. The quantitative estimate of drug-likeness (QED) is 0.577. The standard InChI is InChI=1S/C12H14ClNO5/c13-6-5-9(15)14-8-3-1-7(2-4-8)10(16)11(17)12(18)19/h1-4,10-11,16-17H,5-6H2,(H,14,15)(H,18,19). The molecule has 0 bridgehead atoms. The van der Waals surface area contributed by atoms with Gasteiger partial charge in [0.25, 0.3) is 0 Å². The van der Waals surface area contributed by atoms with Gasteiger partial charge in [0.2, 0.25) is 5.91 Å². The number of aliphatic hydroxyl groups is 2. The lowest BCUT2D eigenvalue weighted by molar-refractivity contribution is -0.153. The Kier molecular flexibility index (Phi) is 5.75. The molecule has 0 aromatic heterocycles. The first-order valence-electron chi connectivity index (χ1n) is 5.50. The summed E-state index contributed by atoms with van der Waals surface area (Å²) in [6, 6.07) is 5.85. The number of nitrogens with one attached hydrogen (secondary N) is 1. The lowest BCUT2D eigenvalue weighted by Gasteiger charge is -2.14. The van der Waals surface area contributed by atoms with E-state index in [1.165, 1.54) is 24.3 Å². The summed E-state index contributed by atoms with van der Waals surface area (Å²) in [7, 11) is 0. The third kappa shape index (κ3) is 4.51. The molecule has 0 radical (unpaired) electrons. The Morgan fingerprint density at radius 3 is 2.26 bits per heavy atom. The van der Waals surface area contributed by atoms with Crippen molar-refractivity contribution in [1.82, 2.24) is 0 Å². The van der Waals surface area contributed by atoms with Gasteiger partial charge in [0, 0.05) is 18.0 Å². The Morgan fingerprint density at radius 2 is 1.79 bits per heavy atom. The summed E-state index contributed by atoms with van der Waals surface area (Å²) in [5, 5.41) is 29.9. The van der Waals surface area contributed by atoms with Crippen LogP contribution in [0.2, 0.25) is 0 Å². The van der Waals surface area contributed by atoms with Crippen LogP contribution in [0.25, 0.3) is 0 Å². The zero-order valence-electron chi connectivity index (χ0n) is 9.91. The maximum Gasteiger partial charge on any atom is 0.335 e. The van der Waals surface area contributed by atoms with E-state index in [2.05, 4.69) is 5.32 Å². The van der Waals surface area contributed by atoms with E-state index < -0.39 is 18.2 Å². The monoisotopic (exact) mass is 287 g/mol. The molecule has 1 amide bonds. The van der Waals surface area contributed by atoms with Crippen LogP contribution in [-0.4, -0.2) is 39.2 Å². The molecule has 2 unspecified atom stereocenters. The smallest absolute Gasteiger partial charge is 0.335 e. The first-order chi connectivity index (χ1) is 8.95. The first kappa shape index (κ1) is 15.4. The van der Waals surface area contributed by atoms with Crippen molar-refractivity contribution in [2.24, 2.45) is 0 Å². The molecule has 0 spiro atoms. The van der Waals surface area contributed by atoms with Crippen molar-refractivity contribution in [2.45, 2.75) is 18.6 Å². The fraction of sp³-hybridized carbons (Fsp3) is 0.333. The molecule has 6 nitrogen and oxygen atoms in total. The second-order valence-electron chi connectivity index (χ2n) is 3.84. The lowest BCUT2D eigenvalue weighted by atomic mass is 10.0. The van der Waals surface area contributed by atoms with E-state index >= 15 is 0 Å². The SMILES string of the molecule is O=C(CCCl)Nc1ccc(C(O)C(O)C(=O)O)cc1. The molecule has 104 valence electrons. The van der Waals surface area contributed by atoms with Crippen LogP contribution in [0.1, 0.15) is 18.1 Å². The molecule has 0 heterocycles. The van der Waals surface area contributed by atoms with Crippen LogP contribution < -0.4 is 5.32 Å². The number of carboxylic acids is 1. The topological polar surface area (TPSA) is 107 Å². The highest BCUT2D eigenvalue weighted by Crippen LogP contribution is 2.19. The minimum Gasteiger partial charge on any atom is -0.479 e. The minimum atomic E-state index is -1.89. The molecular formula is C12H14ClNO5. The number of anilines is 1. The zero-order chi connectivity index (χ0) is 14.4. The summed E-state index contributed by atoms with van der Waals surface area (Å²) in [6.07, 6.45) is -3.23. The molecule has 0 aliphatic carbocycles. The number of amides is 1. The average Bonchev–Trinajstić information content (AvgIpc) is 2.38. The fourth-order valence-electron chi connectivity index (χ4n) is 1.39. The van der Waals surface area contributed by atoms with Gasteiger partial charge in [-0.15, -0.1) is 11.6 Å². The Balaban J connectivity index is 2.71. The lowest BCUT2D eigenvalue weighted by Crippen LogP contribution is -2.27. The molecule has 1 aromatic carbocycles. The second-order valence-corrected chi connectivity index (χ2v) is 4.22. The highest BCUT2D eigenvalue weighted by Gasteiger charge is 2.24. The molecular weight excluding hydrogens is 274 g/mol. The van der Waals surface area contributed by atoms with E-state index in [9.17, 15) is 19.8 Å². The van der Waals surface area contributed by atoms with Crippen molar-refractivity contribution in [1.29, 1.82) is 0 Å². The summed E-state index contributed by atoms with van der Waals surface area (Å²) in [6.45, 7) is 0. The highest BCUT2D eigenvalue weighted by atomic mass is 35.5. The molecule has 7 heteroatoms. The average molecular weight is 288 g/mol. The van der Waals surface area contributed by atoms with Crippen molar-refractivity contribution >= 4 is 29.2 Å². The Morgan fingerprint density at radius 1 is 1.21 bits per heavy atom. The van der Waals surface area contributed by atoms with Crippen LogP contribution in [0.15, 0.2) is 24.3 Å². The Bertz CT molecular complexity index is 448. The maximum absolute atomic E-state index is 11.3. The van der Waals surface area contributed by atoms with E-state index in [4.69, 9.17) is 16.7 Å². The molecule has 0 saturated carbocycles. The predicted molar refractivity (Wildman–Crippen MR) is 69.0 cm³/mol. The van der Waals surface area contributed by atoms with Gasteiger partial charge < -0.3 is 20.6 Å². The normalized spacial score (nSPS) is 13.6. The van der Waals surface area contributed by atoms with Gasteiger partial charge >= 0.3 is 5.97 Å². The molecule has 0 aliphatic rings. The Labute approximate surface area is 114 Å². The highest BCUT2D eigenvalue weighted by molar-refractivity contribution is 6.19. The maximum atomic E-state index is 11.3.